The van der Waals surface area contributed by atoms with Gasteiger partial charge in [0.05, 0.1) is 4.90 Å². The summed E-state index contributed by atoms with van der Waals surface area (Å²) in [5.74, 6) is 0.276. The summed E-state index contributed by atoms with van der Waals surface area (Å²) in [4.78, 5) is 16.0. The van der Waals surface area contributed by atoms with Gasteiger partial charge >= 0.3 is 0 Å². The highest BCUT2D eigenvalue weighted by Gasteiger charge is 2.15. The Morgan fingerprint density at radius 2 is 1.82 bits per heavy atom. The molecule has 0 aliphatic carbocycles. The van der Waals surface area contributed by atoms with Crippen molar-refractivity contribution in [3.8, 4) is 5.75 Å². The molecule has 0 atom stereocenters. The third-order valence-electron chi connectivity index (χ3n) is 3.80. The summed E-state index contributed by atoms with van der Waals surface area (Å²) in [5, 5.41) is 4.64. The van der Waals surface area contributed by atoms with Crippen molar-refractivity contribution in [2.75, 3.05) is 16.6 Å². The number of anilines is 2. The molecule has 0 radical (unpaired) electrons. The van der Waals surface area contributed by atoms with Crippen molar-refractivity contribution in [1.29, 1.82) is 0 Å². The maximum atomic E-state index is 12.3. The SMILES string of the molecule is CCc1ccc(OCC(=O)Nc2ccc(S(=O)(=O)Nc3nccs3)cc2)cc1. The Labute approximate surface area is 167 Å². The number of amides is 1. The van der Waals surface area contributed by atoms with Crippen LogP contribution in [0.3, 0.4) is 0 Å². The number of carbonyl (C=O) groups excluding carboxylic acids is 1. The van der Waals surface area contributed by atoms with Crippen molar-refractivity contribution in [3.05, 3.63) is 65.7 Å². The quantitative estimate of drug-likeness (QED) is 0.584. The van der Waals surface area contributed by atoms with Crippen molar-refractivity contribution in [2.24, 2.45) is 0 Å². The Morgan fingerprint density at radius 3 is 2.43 bits per heavy atom. The first-order valence-electron chi connectivity index (χ1n) is 8.50. The second-order valence-corrected chi connectivity index (χ2v) is 8.38. The van der Waals surface area contributed by atoms with Crippen LogP contribution in [0, 0.1) is 0 Å². The number of aromatic nitrogens is 1. The molecule has 7 nitrogen and oxygen atoms in total. The summed E-state index contributed by atoms with van der Waals surface area (Å²) in [5.41, 5.74) is 1.67. The first kappa shape index (κ1) is 19.8. The van der Waals surface area contributed by atoms with Crippen molar-refractivity contribution in [2.45, 2.75) is 18.2 Å². The molecule has 0 bridgehead atoms. The minimum Gasteiger partial charge on any atom is -0.484 e. The van der Waals surface area contributed by atoms with Crippen LogP contribution < -0.4 is 14.8 Å². The molecule has 3 rings (SSSR count). The average molecular weight is 418 g/mol. The molecule has 0 unspecified atom stereocenters. The fourth-order valence-corrected chi connectivity index (χ4v) is 4.12. The average Bonchev–Trinajstić information content (AvgIpc) is 3.19. The molecule has 0 aliphatic heterocycles. The van der Waals surface area contributed by atoms with Gasteiger partial charge in [-0.15, -0.1) is 11.3 Å². The zero-order valence-corrected chi connectivity index (χ0v) is 16.7. The van der Waals surface area contributed by atoms with Gasteiger partial charge < -0.3 is 10.1 Å². The van der Waals surface area contributed by atoms with Gasteiger partial charge in [-0.3, -0.25) is 9.52 Å². The number of aryl methyl sites for hydroxylation is 1. The van der Waals surface area contributed by atoms with Gasteiger partial charge in [-0.2, -0.15) is 0 Å². The molecular weight excluding hydrogens is 398 g/mol. The maximum Gasteiger partial charge on any atom is 0.263 e. The van der Waals surface area contributed by atoms with Crippen LogP contribution in [0.1, 0.15) is 12.5 Å². The van der Waals surface area contributed by atoms with E-state index in [1.165, 1.54) is 47.4 Å². The fourth-order valence-electron chi connectivity index (χ4n) is 2.33. The van der Waals surface area contributed by atoms with Crippen LogP contribution in [0.4, 0.5) is 10.8 Å². The molecule has 1 heterocycles. The lowest BCUT2D eigenvalue weighted by molar-refractivity contribution is -0.118. The molecule has 0 fully saturated rings. The van der Waals surface area contributed by atoms with E-state index in [2.05, 4.69) is 21.9 Å². The Kier molecular flexibility index (Phi) is 6.27. The largest absolute Gasteiger partial charge is 0.484 e. The van der Waals surface area contributed by atoms with Crippen LogP contribution in [0.2, 0.25) is 0 Å². The highest BCUT2D eigenvalue weighted by atomic mass is 32.2. The smallest absolute Gasteiger partial charge is 0.263 e. The van der Waals surface area contributed by atoms with Crippen molar-refractivity contribution < 1.29 is 17.9 Å². The van der Waals surface area contributed by atoms with Gasteiger partial charge in [-0.1, -0.05) is 19.1 Å². The van der Waals surface area contributed by atoms with E-state index in [1.807, 2.05) is 24.3 Å². The summed E-state index contributed by atoms with van der Waals surface area (Å²) >= 11 is 1.19. The summed E-state index contributed by atoms with van der Waals surface area (Å²) in [6.45, 7) is 1.92. The second-order valence-electron chi connectivity index (χ2n) is 5.80. The predicted molar refractivity (Wildman–Crippen MR) is 109 cm³/mol. The summed E-state index contributed by atoms with van der Waals surface area (Å²) < 4.78 is 32.4. The summed E-state index contributed by atoms with van der Waals surface area (Å²) in [7, 11) is -3.72. The van der Waals surface area contributed by atoms with Gasteiger partial charge in [0.1, 0.15) is 5.75 Å². The van der Waals surface area contributed by atoms with Gasteiger partial charge in [0.2, 0.25) is 0 Å². The van der Waals surface area contributed by atoms with E-state index in [1.54, 1.807) is 5.38 Å². The van der Waals surface area contributed by atoms with Gasteiger partial charge in [0, 0.05) is 17.3 Å². The van der Waals surface area contributed by atoms with Crippen LogP contribution in [0.25, 0.3) is 0 Å². The maximum absolute atomic E-state index is 12.3. The van der Waals surface area contributed by atoms with Crippen molar-refractivity contribution >= 4 is 38.1 Å². The van der Waals surface area contributed by atoms with E-state index in [-0.39, 0.29) is 17.4 Å². The third kappa shape index (κ3) is 5.30. The zero-order chi connectivity index (χ0) is 20.0. The van der Waals surface area contributed by atoms with Crippen LogP contribution in [0.5, 0.6) is 5.75 Å². The molecule has 2 aromatic carbocycles. The predicted octanol–water partition coefficient (Wildman–Crippen LogP) is 3.52. The lowest BCUT2D eigenvalue weighted by atomic mass is 10.2. The van der Waals surface area contributed by atoms with E-state index in [0.717, 1.165) is 6.42 Å². The van der Waals surface area contributed by atoms with E-state index < -0.39 is 10.0 Å². The molecule has 28 heavy (non-hydrogen) atoms. The number of hydrogen-bond donors (Lipinski definition) is 2. The number of sulfonamides is 1. The van der Waals surface area contributed by atoms with Gasteiger partial charge in [0.25, 0.3) is 15.9 Å². The van der Waals surface area contributed by atoms with Crippen LogP contribution in [0.15, 0.2) is 65.0 Å². The Hall–Kier alpha value is -2.91. The number of benzene rings is 2. The molecule has 146 valence electrons. The third-order valence-corrected chi connectivity index (χ3v) is 5.98. The van der Waals surface area contributed by atoms with Crippen LogP contribution in [-0.4, -0.2) is 25.9 Å². The molecular formula is C19H19N3O4S2. The van der Waals surface area contributed by atoms with Crippen molar-refractivity contribution in [3.63, 3.8) is 0 Å². The lowest BCUT2D eigenvalue weighted by Gasteiger charge is -2.09. The lowest BCUT2D eigenvalue weighted by Crippen LogP contribution is -2.20. The first-order valence-corrected chi connectivity index (χ1v) is 10.9. The Balaban J connectivity index is 1.55. The number of thiazole rings is 1. The van der Waals surface area contributed by atoms with Crippen LogP contribution >= 0.6 is 11.3 Å². The normalized spacial score (nSPS) is 11.0. The highest BCUT2D eigenvalue weighted by molar-refractivity contribution is 7.93. The molecule has 0 saturated heterocycles. The molecule has 1 aromatic heterocycles. The molecule has 0 spiro atoms. The topological polar surface area (TPSA) is 97.4 Å². The summed E-state index contributed by atoms with van der Waals surface area (Å²) in [6.07, 6.45) is 2.45. The molecule has 9 heteroatoms. The molecule has 0 saturated carbocycles. The van der Waals surface area contributed by atoms with Crippen LogP contribution in [-0.2, 0) is 21.2 Å². The van der Waals surface area contributed by atoms with E-state index >= 15 is 0 Å². The minimum atomic E-state index is -3.72. The number of carbonyl (C=O) groups is 1. The standard InChI is InChI=1S/C19H19N3O4S2/c1-2-14-3-7-16(8-4-14)26-13-18(23)21-15-5-9-17(10-6-15)28(24,25)22-19-20-11-12-27-19/h3-12H,2,13H2,1H3,(H,20,22)(H,21,23). The number of nitrogens with one attached hydrogen (secondary N) is 2. The Morgan fingerprint density at radius 1 is 1.11 bits per heavy atom. The molecule has 0 aliphatic rings. The van der Waals surface area contributed by atoms with Gasteiger partial charge in [-0.25, -0.2) is 13.4 Å². The fraction of sp³-hybridized carbons (Fsp3) is 0.158. The first-order chi connectivity index (χ1) is 13.5. The van der Waals surface area contributed by atoms with E-state index in [9.17, 15) is 13.2 Å². The van der Waals surface area contributed by atoms with E-state index in [0.29, 0.717) is 16.6 Å². The molecule has 3 aromatic rings. The van der Waals surface area contributed by atoms with Gasteiger partial charge in [0.15, 0.2) is 11.7 Å². The highest BCUT2D eigenvalue weighted by Crippen LogP contribution is 2.19. The van der Waals surface area contributed by atoms with Gasteiger partial charge in [-0.05, 0) is 48.4 Å². The molecule has 1 amide bonds. The summed E-state index contributed by atoms with van der Waals surface area (Å²) in [6, 6.07) is 13.4. The van der Waals surface area contributed by atoms with Crippen molar-refractivity contribution in [1.82, 2.24) is 4.98 Å². The van der Waals surface area contributed by atoms with E-state index in [4.69, 9.17) is 4.74 Å². The number of hydrogen-bond acceptors (Lipinski definition) is 6. The molecule has 2 N–H and O–H groups in total. The zero-order valence-electron chi connectivity index (χ0n) is 15.1. The monoisotopic (exact) mass is 417 g/mol. The second kappa shape index (κ2) is 8.85. The number of ether oxygens (including phenoxy) is 1. The minimum absolute atomic E-state index is 0.0768. The Bertz CT molecular complexity index is 1020. The number of nitrogens with zero attached hydrogens (tertiary/aromatic N) is 1. The number of rotatable bonds is 8.